The molecule has 0 N–H and O–H groups in total. The van der Waals surface area contributed by atoms with E-state index in [2.05, 4.69) is 166 Å². The molecule has 65 heavy (non-hydrogen) atoms. The van der Waals surface area contributed by atoms with Crippen LogP contribution in [0.3, 0.4) is 0 Å². The van der Waals surface area contributed by atoms with Crippen LogP contribution in [-0.4, -0.2) is 15.0 Å². The number of nitrogens with zero attached hydrogens (tertiary/aromatic N) is 3. The summed E-state index contributed by atoms with van der Waals surface area (Å²) >= 11 is 0. The maximum Gasteiger partial charge on any atom is 0.167 e. The first-order valence-corrected chi connectivity index (χ1v) is 22.1. The Balaban J connectivity index is 0.970. The quantitative estimate of drug-likeness (QED) is 0.167. The lowest BCUT2D eigenvalue weighted by atomic mass is 9.82. The molecular weight excluding hydrogens is 795 g/mol. The fourth-order valence-electron chi connectivity index (χ4n) is 10.2. The number of hydrogen-bond donors (Lipinski definition) is 0. The number of furan rings is 2. The smallest absolute Gasteiger partial charge is 0.167 e. The highest BCUT2D eigenvalue weighted by molar-refractivity contribution is 6.13. The molecule has 0 fully saturated rings. The van der Waals surface area contributed by atoms with Gasteiger partial charge in [0.15, 0.2) is 17.5 Å². The van der Waals surface area contributed by atoms with Gasteiger partial charge in [-0.25, -0.2) is 15.0 Å². The van der Waals surface area contributed by atoms with Crippen molar-refractivity contribution >= 4 is 43.9 Å². The molecule has 0 saturated heterocycles. The molecule has 0 saturated carbocycles. The summed E-state index contributed by atoms with van der Waals surface area (Å²) < 4.78 is 13.1. The number of aromatic nitrogens is 3. The normalized spacial score (nSPS) is 12.9. The standard InChI is InChI=1S/C60H39N3O2/c1-60(2)49-24-8-6-19-45(49)54-42(20-12-25-50(54)60)41-17-10-16-39(34-41)40-32-33-52-48(35-40)55-46(22-13-27-53(55)64-52)58-61-57(38-30-28-37(29-31-38)36-14-4-3-5-15-36)62-59(63-58)47-23-11-21-44-43-18-7-9-26-51(43)65-56(44)47/h3-35H,1-2H3. The molecule has 0 radical (unpaired) electrons. The van der Waals surface area contributed by atoms with E-state index in [4.69, 9.17) is 23.8 Å². The van der Waals surface area contributed by atoms with Crippen LogP contribution in [0.15, 0.2) is 209 Å². The molecule has 5 nitrogen and oxygen atoms in total. The molecule has 306 valence electrons. The van der Waals surface area contributed by atoms with Gasteiger partial charge in [-0.3, -0.25) is 0 Å². The number of para-hydroxylation sites is 2. The summed E-state index contributed by atoms with van der Waals surface area (Å²) in [5, 5.41) is 4.00. The van der Waals surface area contributed by atoms with E-state index in [1.807, 2.05) is 48.5 Å². The van der Waals surface area contributed by atoms with Crippen LogP contribution in [0.1, 0.15) is 25.0 Å². The number of benzene rings is 9. The zero-order chi connectivity index (χ0) is 43.2. The highest BCUT2D eigenvalue weighted by Gasteiger charge is 2.36. The highest BCUT2D eigenvalue weighted by atomic mass is 16.3. The molecule has 1 aliphatic rings. The van der Waals surface area contributed by atoms with Gasteiger partial charge in [-0.1, -0.05) is 178 Å². The first-order chi connectivity index (χ1) is 32.0. The fourth-order valence-corrected chi connectivity index (χ4v) is 10.2. The van der Waals surface area contributed by atoms with Crippen molar-refractivity contribution in [3.05, 3.63) is 211 Å². The van der Waals surface area contributed by atoms with Gasteiger partial charge in [0, 0.05) is 38.1 Å². The number of hydrogen-bond acceptors (Lipinski definition) is 5. The average Bonchev–Trinajstić information content (AvgIpc) is 4.01. The van der Waals surface area contributed by atoms with Gasteiger partial charge in [0.1, 0.15) is 22.3 Å². The molecule has 3 heterocycles. The predicted octanol–water partition coefficient (Wildman–Crippen LogP) is 16.0. The summed E-state index contributed by atoms with van der Waals surface area (Å²) in [6, 6.07) is 70.2. The minimum Gasteiger partial charge on any atom is -0.456 e. The van der Waals surface area contributed by atoms with E-state index in [9.17, 15) is 0 Å². The van der Waals surface area contributed by atoms with Gasteiger partial charge in [-0.2, -0.15) is 0 Å². The third kappa shape index (κ3) is 5.89. The van der Waals surface area contributed by atoms with E-state index >= 15 is 0 Å². The van der Waals surface area contributed by atoms with Crippen LogP contribution in [0.4, 0.5) is 0 Å². The SMILES string of the molecule is CC1(C)c2ccccc2-c2c(-c3cccc(-c4ccc5oc6cccc(-c7nc(-c8ccc(-c9ccccc9)cc8)nc(-c8cccc9c8oc8ccccc89)n7)c6c5c4)c3)cccc21. The van der Waals surface area contributed by atoms with Crippen LogP contribution in [0.2, 0.25) is 0 Å². The van der Waals surface area contributed by atoms with Gasteiger partial charge in [0.25, 0.3) is 0 Å². The van der Waals surface area contributed by atoms with Crippen LogP contribution in [0, 0.1) is 0 Å². The number of rotatable bonds is 6. The second-order valence-corrected chi connectivity index (χ2v) is 17.5. The van der Waals surface area contributed by atoms with Gasteiger partial charge < -0.3 is 8.83 Å². The van der Waals surface area contributed by atoms with Crippen molar-refractivity contribution in [1.29, 1.82) is 0 Å². The van der Waals surface area contributed by atoms with Crippen molar-refractivity contribution in [2.75, 3.05) is 0 Å². The predicted molar refractivity (Wildman–Crippen MR) is 265 cm³/mol. The van der Waals surface area contributed by atoms with E-state index in [1.54, 1.807) is 0 Å². The van der Waals surface area contributed by atoms with Crippen molar-refractivity contribution in [3.8, 4) is 78.7 Å². The molecule has 0 unspecified atom stereocenters. The molecule has 0 spiro atoms. The van der Waals surface area contributed by atoms with Crippen molar-refractivity contribution in [3.63, 3.8) is 0 Å². The summed E-state index contributed by atoms with van der Waals surface area (Å²) in [6.45, 7) is 4.67. The van der Waals surface area contributed by atoms with E-state index in [0.29, 0.717) is 17.5 Å². The second kappa shape index (κ2) is 14.3. The zero-order valence-corrected chi connectivity index (χ0v) is 35.7. The van der Waals surface area contributed by atoms with E-state index in [1.165, 1.54) is 33.4 Å². The second-order valence-electron chi connectivity index (χ2n) is 17.5. The van der Waals surface area contributed by atoms with Gasteiger partial charge in [0.2, 0.25) is 0 Å². The minimum absolute atomic E-state index is 0.0710. The van der Waals surface area contributed by atoms with Crippen LogP contribution >= 0.6 is 0 Å². The molecule has 5 heteroatoms. The fraction of sp³-hybridized carbons (Fsp3) is 0.0500. The lowest BCUT2D eigenvalue weighted by molar-refractivity contribution is 0.660. The van der Waals surface area contributed by atoms with E-state index < -0.39 is 0 Å². The molecule has 9 aromatic carbocycles. The maximum absolute atomic E-state index is 6.59. The molecule has 0 amide bonds. The molecule has 3 aromatic heterocycles. The molecule has 0 aliphatic heterocycles. The monoisotopic (exact) mass is 833 g/mol. The van der Waals surface area contributed by atoms with Crippen molar-refractivity contribution in [2.24, 2.45) is 0 Å². The van der Waals surface area contributed by atoms with Crippen LogP contribution in [0.5, 0.6) is 0 Å². The molecular formula is C60H39N3O2. The van der Waals surface area contributed by atoms with Gasteiger partial charge in [-0.15, -0.1) is 0 Å². The summed E-state index contributed by atoms with van der Waals surface area (Å²) in [6.07, 6.45) is 0. The maximum atomic E-state index is 6.59. The lowest BCUT2D eigenvalue weighted by Gasteiger charge is -2.21. The highest BCUT2D eigenvalue weighted by Crippen LogP contribution is 2.52. The summed E-state index contributed by atoms with van der Waals surface area (Å²) in [5.74, 6) is 1.65. The molecule has 1 aliphatic carbocycles. The number of fused-ring (bicyclic) bond motifs is 9. The van der Waals surface area contributed by atoms with Gasteiger partial charge in [0.05, 0.1) is 5.56 Å². The molecule has 0 atom stereocenters. The van der Waals surface area contributed by atoms with Crippen molar-refractivity contribution in [2.45, 2.75) is 19.3 Å². The Morgan fingerprint density at radius 2 is 0.892 bits per heavy atom. The van der Waals surface area contributed by atoms with Crippen molar-refractivity contribution in [1.82, 2.24) is 15.0 Å². The molecule has 0 bridgehead atoms. The van der Waals surface area contributed by atoms with E-state index in [-0.39, 0.29) is 5.41 Å². The first kappa shape index (κ1) is 37.2. The first-order valence-electron chi connectivity index (χ1n) is 22.1. The zero-order valence-electron chi connectivity index (χ0n) is 35.7. The van der Waals surface area contributed by atoms with Gasteiger partial charge >= 0.3 is 0 Å². The minimum atomic E-state index is -0.0710. The van der Waals surface area contributed by atoms with Gasteiger partial charge in [-0.05, 0) is 92.0 Å². The molecule has 13 rings (SSSR count). The Morgan fingerprint density at radius 3 is 1.78 bits per heavy atom. The summed E-state index contributed by atoms with van der Waals surface area (Å²) in [4.78, 5) is 15.7. The molecule has 12 aromatic rings. The Hall–Kier alpha value is -8.41. The third-order valence-electron chi connectivity index (χ3n) is 13.4. The van der Waals surface area contributed by atoms with Crippen molar-refractivity contribution < 1.29 is 8.83 Å². The third-order valence-corrected chi connectivity index (χ3v) is 13.4. The topological polar surface area (TPSA) is 65.0 Å². The van der Waals surface area contributed by atoms with Crippen LogP contribution < -0.4 is 0 Å². The Morgan fingerprint density at radius 1 is 0.338 bits per heavy atom. The Bertz CT molecular complexity index is 3860. The average molecular weight is 834 g/mol. The van der Waals surface area contributed by atoms with E-state index in [0.717, 1.165) is 82.8 Å². The summed E-state index contributed by atoms with van der Waals surface area (Å²) in [7, 11) is 0. The lowest BCUT2D eigenvalue weighted by Crippen LogP contribution is -2.14. The Kier molecular flexibility index (Phi) is 8.18. The van der Waals surface area contributed by atoms with Crippen LogP contribution in [-0.2, 0) is 5.41 Å². The van der Waals surface area contributed by atoms with Crippen LogP contribution in [0.25, 0.3) is 123 Å². The largest absolute Gasteiger partial charge is 0.456 e. The summed E-state index contributed by atoms with van der Waals surface area (Å²) in [5.41, 5.74) is 17.9. The Labute approximate surface area is 375 Å².